The first-order valence-electron chi connectivity index (χ1n) is 4.59. The van der Waals surface area contributed by atoms with Crippen LogP contribution in [0.4, 0.5) is 0 Å². The van der Waals surface area contributed by atoms with E-state index in [0.29, 0.717) is 5.56 Å². The summed E-state index contributed by atoms with van der Waals surface area (Å²) in [5.41, 5.74) is 3.20. The van der Waals surface area contributed by atoms with Gasteiger partial charge in [-0.2, -0.15) is 5.26 Å². The van der Waals surface area contributed by atoms with E-state index in [0.717, 1.165) is 17.0 Å². The second-order valence-electron chi connectivity index (χ2n) is 3.18. The molecule has 0 N–H and O–H groups in total. The molecule has 0 saturated carbocycles. The minimum absolute atomic E-state index is 0.557. The number of hydrogen-bond acceptors (Lipinski definition) is 3. The van der Waals surface area contributed by atoms with Crippen LogP contribution in [0, 0.1) is 18.3 Å². The zero-order chi connectivity index (χ0) is 10.7. The predicted molar refractivity (Wildman–Crippen MR) is 56.9 cm³/mol. The first-order valence-corrected chi connectivity index (χ1v) is 4.59. The van der Waals surface area contributed by atoms with E-state index in [1.165, 1.54) is 0 Å². The Morgan fingerprint density at radius 2 is 2.13 bits per heavy atom. The molecule has 0 radical (unpaired) electrons. The Morgan fingerprint density at radius 3 is 2.80 bits per heavy atom. The largest absolute Gasteiger partial charge is 0.260 e. The van der Waals surface area contributed by atoms with Gasteiger partial charge in [0.1, 0.15) is 6.07 Å². The molecule has 0 aliphatic carbocycles. The summed E-state index contributed by atoms with van der Waals surface area (Å²) in [5.74, 6) is 0. The monoisotopic (exact) mass is 195 g/mol. The standard InChI is InChI=1S/C12H9N3/c1-9-11(6-10(7-13)8-15-9)12-4-2-3-5-14-12/h2-6,8H,1H3. The van der Waals surface area contributed by atoms with Crippen LogP contribution in [0.25, 0.3) is 11.3 Å². The van der Waals surface area contributed by atoms with Crippen molar-refractivity contribution < 1.29 is 0 Å². The van der Waals surface area contributed by atoms with Crippen LogP contribution < -0.4 is 0 Å². The topological polar surface area (TPSA) is 49.6 Å². The zero-order valence-electron chi connectivity index (χ0n) is 8.31. The normalized spacial score (nSPS) is 9.60. The van der Waals surface area contributed by atoms with Crippen molar-refractivity contribution in [2.45, 2.75) is 6.92 Å². The maximum Gasteiger partial charge on any atom is 0.101 e. The van der Waals surface area contributed by atoms with E-state index in [9.17, 15) is 0 Å². The summed E-state index contributed by atoms with van der Waals surface area (Å²) in [6.45, 7) is 1.91. The van der Waals surface area contributed by atoms with Crippen molar-refractivity contribution in [3.05, 3.63) is 47.9 Å². The van der Waals surface area contributed by atoms with Gasteiger partial charge in [-0.1, -0.05) is 6.07 Å². The van der Waals surface area contributed by atoms with E-state index >= 15 is 0 Å². The summed E-state index contributed by atoms with van der Waals surface area (Å²) in [6.07, 6.45) is 3.30. The molecule has 72 valence electrons. The van der Waals surface area contributed by atoms with Gasteiger partial charge in [-0.25, -0.2) is 0 Å². The van der Waals surface area contributed by atoms with Crippen LogP contribution >= 0.6 is 0 Å². The molecule has 0 aliphatic heterocycles. The lowest BCUT2D eigenvalue weighted by Gasteiger charge is -2.03. The molecule has 0 bridgehead atoms. The third-order valence-corrected chi connectivity index (χ3v) is 2.16. The number of pyridine rings is 2. The highest BCUT2D eigenvalue weighted by atomic mass is 14.7. The van der Waals surface area contributed by atoms with Crippen LogP contribution in [0.2, 0.25) is 0 Å². The first kappa shape index (κ1) is 9.35. The average Bonchev–Trinajstić information content (AvgIpc) is 2.31. The van der Waals surface area contributed by atoms with E-state index in [1.807, 2.05) is 31.2 Å². The molecule has 0 atom stereocenters. The number of aryl methyl sites for hydroxylation is 1. The Morgan fingerprint density at radius 1 is 1.27 bits per heavy atom. The molecule has 0 unspecified atom stereocenters. The molecule has 3 nitrogen and oxygen atoms in total. The second-order valence-corrected chi connectivity index (χ2v) is 3.18. The molecular weight excluding hydrogens is 186 g/mol. The molecule has 2 aromatic heterocycles. The number of nitriles is 1. The first-order chi connectivity index (χ1) is 7.31. The third-order valence-electron chi connectivity index (χ3n) is 2.16. The lowest BCUT2D eigenvalue weighted by Crippen LogP contribution is -1.91. The molecule has 0 amide bonds. The summed E-state index contributed by atoms with van der Waals surface area (Å²) in [4.78, 5) is 8.40. The SMILES string of the molecule is Cc1ncc(C#N)cc1-c1ccccn1. The molecule has 2 aromatic rings. The fourth-order valence-electron chi connectivity index (χ4n) is 1.38. The van der Waals surface area contributed by atoms with Crippen LogP contribution in [0.3, 0.4) is 0 Å². The number of hydrogen-bond donors (Lipinski definition) is 0. The van der Waals surface area contributed by atoms with Crippen LogP contribution in [-0.4, -0.2) is 9.97 Å². The summed E-state index contributed by atoms with van der Waals surface area (Å²) in [6, 6.07) is 9.57. The quantitative estimate of drug-likeness (QED) is 0.701. The van der Waals surface area contributed by atoms with Crippen molar-refractivity contribution in [3.8, 4) is 17.3 Å². The number of rotatable bonds is 1. The third kappa shape index (κ3) is 1.84. The molecule has 0 aromatic carbocycles. The summed E-state index contributed by atoms with van der Waals surface area (Å²) in [5, 5.41) is 8.79. The van der Waals surface area contributed by atoms with Gasteiger partial charge in [-0.15, -0.1) is 0 Å². The van der Waals surface area contributed by atoms with E-state index in [4.69, 9.17) is 5.26 Å². The van der Waals surface area contributed by atoms with Gasteiger partial charge < -0.3 is 0 Å². The second kappa shape index (κ2) is 3.89. The Kier molecular flexibility index (Phi) is 2.42. The smallest absolute Gasteiger partial charge is 0.101 e. The Labute approximate surface area is 88.1 Å². The zero-order valence-corrected chi connectivity index (χ0v) is 8.31. The van der Waals surface area contributed by atoms with Gasteiger partial charge in [0, 0.05) is 23.7 Å². The van der Waals surface area contributed by atoms with Gasteiger partial charge >= 0.3 is 0 Å². The van der Waals surface area contributed by atoms with Crippen LogP contribution in [-0.2, 0) is 0 Å². The molecule has 2 rings (SSSR count). The van der Waals surface area contributed by atoms with E-state index < -0.39 is 0 Å². The summed E-state index contributed by atoms with van der Waals surface area (Å²) < 4.78 is 0. The van der Waals surface area contributed by atoms with Crippen LogP contribution in [0.1, 0.15) is 11.3 Å². The lowest BCUT2D eigenvalue weighted by molar-refractivity contribution is 1.17. The molecular formula is C12H9N3. The molecule has 0 aliphatic rings. The van der Waals surface area contributed by atoms with Gasteiger partial charge in [0.05, 0.1) is 11.3 Å². The fourth-order valence-corrected chi connectivity index (χ4v) is 1.38. The molecule has 3 heteroatoms. The fraction of sp³-hybridized carbons (Fsp3) is 0.0833. The molecule has 0 fully saturated rings. The van der Waals surface area contributed by atoms with Crippen molar-refractivity contribution in [2.75, 3.05) is 0 Å². The van der Waals surface area contributed by atoms with Crippen molar-refractivity contribution in [1.82, 2.24) is 9.97 Å². The van der Waals surface area contributed by atoms with Crippen molar-refractivity contribution in [2.24, 2.45) is 0 Å². The van der Waals surface area contributed by atoms with Gasteiger partial charge in [0.15, 0.2) is 0 Å². The van der Waals surface area contributed by atoms with Crippen LogP contribution in [0.5, 0.6) is 0 Å². The Balaban J connectivity index is 2.58. The Hall–Kier alpha value is -2.21. The molecule has 0 saturated heterocycles. The number of nitrogens with zero attached hydrogens (tertiary/aromatic N) is 3. The minimum Gasteiger partial charge on any atom is -0.260 e. The average molecular weight is 195 g/mol. The molecule has 0 spiro atoms. The highest BCUT2D eigenvalue weighted by Crippen LogP contribution is 2.20. The Bertz CT molecular complexity index is 512. The van der Waals surface area contributed by atoms with Gasteiger partial charge in [0.25, 0.3) is 0 Å². The number of aromatic nitrogens is 2. The van der Waals surface area contributed by atoms with Crippen LogP contribution in [0.15, 0.2) is 36.7 Å². The highest BCUT2D eigenvalue weighted by molar-refractivity contribution is 5.63. The molecule has 15 heavy (non-hydrogen) atoms. The predicted octanol–water partition coefficient (Wildman–Crippen LogP) is 2.32. The van der Waals surface area contributed by atoms with E-state index in [-0.39, 0.29) is 0 Å². The summed E-state index contributed by atoms with van der Waals surface area (Å²) >= 11 is 0. The summed E-state index contributed by atoms with van der Waals surface area (Å²) in [7, 11) is 0. The van der Waals surface area contributed by atoms with Gasteiger partial charge in [-0.05, 0) is 25.1 Å². The lowest BCUT2D eigenvalue weighted by atomic mass is 10.1. The minimum atomic E-state index is 0.557. The van der Waals surface area contributed by atoms with E-state index in [1.54, 1.807) is 12.4 Å². The highest BCUT2D eigenvalue weighted by Gasteiger charge is 2.04. The van der Waals surface area contributed by atoms with Gasteiger partial charge in [-0.3, -0.25) is 9.97 Å². The van der Waals surface area contributed by atoms with E-state index in [2.05, 4.69) is 16.0 Å². The van der Waals surface area contributed by atoms with Crippen molar-refractivity contribution >= 4 is 0 Å². The maximum atomic E-state index is 8.79. The van der Waals surface area contributed by atoms with Crippen molar-refractivity contribution in [3.63, 3.8) is 0 Å². The van der Waals surface area contributed by atoms with Gasteiger partial charge in [0.2, 0.25) is 0 Å². The van der Waals surface area contributed by atoms with Crippen molar-refractivity contribution in [1.29, 1.82) is 5.26 Å². The maximum absolute atomic E-state index is 8.79. The molecule has 2 heterocycles.